The maximum Gasteiger partial charge on any atom is 0.337 e. The van der Waals surface area contributed by atoms with E-state index in [-0.39, 0.29) is 45.4 Å². The van der Waals surface area contributed by atoms with Gasteiger partial charge in [-0.2, -0.15) is 0 Å². The number of aliphatic hydroxyl groups is 9. The predicted octanol–water partition coefficient (Wildman–Crippen LogP) is 0.974. The summed E-state index contributed by atoms with van der Waals surface area (Å²) in [6.07, 6.45) is -17.3. The van der Waals surface area contributed by atoms with E-state index in [0.717, 1.165) is 45.6 Å². The molecule has 4 saturated carbocycles. The number of hydrogen-bond donors (Lipinski definition) is 9. The zero-order valence-electron chi connectivity index (χ0n) is 41.8. The van der Waals surface area contributed by atoms with Crippen molar-refractivity contribution in [2.75, 3.05) is 20.8 Å². The number of allylic oxidation sites excluding steroid dienone is 2. The molecule has 3 saturated heterocycles. The lowest BCUT2D eigenvalue weighted by Crippen LogP contribution is -2.68. The molecule has 69 heavy (non-hydrogen) atoms. The molecule has 0 aromatic rings. The molecule has 394 valence electrons. The van der Waals surface area contributed by atoms with Crippen LogP contribution in [0.5, 0.6) is 0 Å². The van der Waals surface area contributed by atoms with Crippen LogP contribution in [-0.2, 0) is 47.5 Å². The third-order valence-corrected chi connectivity index (χ3v) is 20.0. The number of rotatable bonds is 9. The molecule has 0 spiro atoms. The van der Waals surface area contributed by atoms with Crippen LogP contribution in [0.4, 0.5) is 0 Å². The maximum absolute atomic E-state index is 13.2. The molecule has 5 aliphatic carbocycles. The highest BCUT2D eigenvalue weighted by molar-refractivity contribution is 5.77. The second kappa shape index (κ2) is 18.8. The van der Waals surface area contributed by atoms with E-state index in [0.29, 0.717) is 19.3 Å². The monoisotopic (exact) mass is 985 g/mol. The summed E-state index contributed by atoms with van der Waals surface area (Å²) < 4.78 is 47.1. The fourth-order valence-corrected chi connectivity index (χ4v) is 15.4. The fourth-order valence-electron chi connectivity index (χ4n) is 15.4. The summed E-state index contributed by atoms with van der Waals surface area (Å²) in [5.41, 5.74) is -0.841. The predicted molar refractivity (Wildman–Crippen MR) is 240 cm³/mol. The first kappa shape index (κ1) is 53.4. The zero-order chi connectivity index (χ0) is 50.7. The van der Waals surface area contributed by atoms with E-state index in [1.165, 1.54) is 19.6 Å². The van der Waals surface area contributed by atoms with E-state index in [9.17, 15) is 55.5 Å². The van der Waals surface area contributed by atoms with Crippen molar-refractivity contribution < 1.29 is 93.4 Å². The molecule has 19 nitrogen and oxygen atoms in total. The van der Waals surface area contributed by atoms with E-state index in [4.69, 9.17) is 37.9 Å². The van der Waals surface area contributed by atoms with Gasteiger partial charge in [0.05, 0.1) is 44.6 Å². The minimum Gasteiger partial charge on any atom is -0.469 e. The number of esters is 2. The third-order valence-electron chi connectivity index (χ3n) is 20.0. The van der Waals surface area contributed by atoms with Crippen LogP contribution >= 0.6 is 0 Å². The Morgan fingerprint density at radius 3 is 1.93 bits per heavy atom. The molecule has 0 aromatic carbocycles. The molecule has 8 aliphatic rings. The van der Waals surface area contributed by atoms with E-state index < -0.39 is 128 Å². The molecule has 25 unspecified atom stereocenters. The largest absolute Gasteiger partial charge is 0.469 e. The summed E-state index contributed by atoms with van der Waals surface area (Å²) in [6, 6.07) is 0. The Balaban J connectivity index is 1.07. The van der Waals surface area contributed by atoms with Gasteiger partial charge in [0.25, 0.3) is 0 Å². The average molecular weight is 985 g/mol. The molecule has 19 heteroatoms. The SMILES string of the molecule is COC(=O)C1OC(OC2CCC3(C)C(CCC4(C)C3CC=C3C5CC(C)(C(=O)OC)CC(O)C5(C)CCC34C)C2(C)C)C(OC2OC(CO)C(O)C(O)C2OC2OC(C)C(O)C(O)C2O)C(O)C1O. The minimum atomic E-state index is -1.91. The summed E-state index contributed by atoms with van der Waals surface area (Å²) in [4.78, 5) is 26.3. The highest BCUT2D eigenvalue weighted by Gasteiger charge is 2.70. The van der Waals surface area contributed by atoms with Gasteiger partial charge in [0, 0.05) is 5.41 Å². The van der Waals surface area contributed by atoms with Gasteiger partial charge < -0.3 is 83.9 Å². The number of ether oxygens (including phenoxy) is 8. The van der Waals surface area contributed by atoms with E-state index in [1.54, 1.807) is 0 Å². The van der Waals surface area contributed by atoms with Crippen molar-refractivity contribution in [1.82, 2.24) is 0 Å². The lowest BCUT2D eigenvalue weighted by atomic mass is 9.33. The Morgan fingerprint density at radius 2 is 1.29 bits per heavy atom. The lowest BCUT2D eigenvalue weighted by molar-refractivity contribution is -0.395. The van der Waals surface area contributed by atoms with Crippen LogP contribution in [0.15, 0.2) is 11.6 Å². The van der Waals surface area contributed by atoms with E-state index >= 15 is 0 Å². The number of aliphatic hydroxyl groups excluding tert-OH is 9. The second-order valence-electron chi connectivity index (χ2n) is 23.8. The van der Waals surface area contributed by atoms with Gasteiger partial charge in [0.15, 0.2) is 25.0 Å². The van der Waals surface area contributed by atoms with Crippen LogP contribution in [0.1, 0.15) is 113 Å². The van der Waals surface area contributed by atoms with Crippen LogP contribution in [0, 0.1) is 50.2 Å². The molecular formula is C50H80O19. The van der Waals surface area contributed by atoms with Crippen LogP contribution in [-0.4, -0.2) is 183 Å². The number of methoxy groups -OCH3 is 2. The Bertz CT molecular complexity index is 1930. The second-order valence-corrected chi connectivity index (χ2v) is 23.8. The van der Waals surface area contributed by atoms with Gasteiger partial charge in [0.2, 0.25) is 0 Å². The topological polar surface area (TPSA) is 290 Å². The van der Waals surface area contributed by atoms with Crippen molar-refractivity contribution in [3.8, 4) is 0 Å². The molecule has 7 fully saturated rings. The smallest absolute Gasteiger partial charge is 0.337 e. The van der Waals surface area contributed by atoms with Crippen molar-refractivity contribution >= 4 is 11.9 Å². The van der Waals surface area contributed by atoms with E-state index in [1.807, 2.05) is 6.92 Å². The molecular weight excluding hydrogens is 905 g/mol. The Kier molecular flexibility index (Phi) is 14.5. The van der Waals surface area contributed by atoms with Crippen LogP contribution in [0.25, 0.3) is 0 Å². The molecule has 3 aliphatic heterocycles. The van der Waals surface area contributed by atoms with Crippen LogP contribution in [0.3, 0.4) is 0 Å². The van der Waals surface area contributed by atoms with Crippen molar-refractivity contribution in [3.05, 3.63) is 11.6 Å². The molecule has 3 heterocycles. The first-order valence-electron chi connectivity index (χ1n) is 25.0. The normalized spacial score (nSPS) is 53.9. The standard InChI is InChI=1S/C50H80O19/c1-22-30(53)32(55)36(59)41(64-22)68-38-33(56)31(54)25(21-51)65-42(38)69-39-35(58)34(57)37(40(60)62-9)67-43(39)66-29-14-15-48(6)26(45(29,2)3)13-16-50(8)27(48)12-11-23-24-19-46(4,44(61)63-10)20-28(52)47(24,5)17-18-49(23,50)7/h11,22,24-39,41-43,51-59H,12-21H2,1-10H3. The zero-order valence-corrected chi connectivity index (χ0v) is 41.8. The minimum absolute atomic E-state index is 0.0165. The Labute approximate surface area is 404 Å². The molecule has 8 rings (SSSR count). The Morgan fingerprint density at radius 1 is 0.652 bits per heavy atom. The molecule has 25 atom stereocenters. The quantitative estimate of drug-likeness (QED) is 0.0884. The number of carbonyl (C=O) groups is 2. The van der Waals surface area contributed by atoms with Crippen molar-refractivity contribution in [2.45, 2.75) is 218 Å². The van der Waals surface area contributed by atoms with Crippen molar-refractivity contribution in [3.63, 3.8) is 0 Å². The summed E-state index contributed by atoms with van der Waals surface area (Å²) >= 11 is 0. The van der Waals surface area contributed by atoms with Gasteiger partial charge in [-0.25, -0.2) is 4.79 Å². The molecule has 9 N–H and O–H groups in total. The Hall–Kier alpha value is -1.92. The highest BCUT2D eigenvalue weighted by atomic mass is 16.8. The fraction of sp³-hybridized carbons (Fsp3) is 0.920. The van der Waals surface area contributed by atoms with Gasteiger partial charge in [-0.3, -0.25) is 4.79 Å². The van der Waals surface area contributed by atoms with Crippen molar-refractivity contribution in [2.24, 2.45) is 50.2 Å². The highest BCUT2D eigenvalue weighted by Crippen LogP contribution is 2.76. The van der Waals surface area contributed by atoms with Gasteiger partial charge in [0.1, 0.15) is 61.0 Å². The first-order chi connectivity index (χ1) is 32.2. The molecule has 0 aromatic heterocycles. The molecule has 0 amide bonds. The van der Waals surface area contributed by atoms with Crippen LogP contribution < -0.4 is 0 Å². The van der Waals surface area contributed by atoms with Gasteiger partial charge >= 0.3 is 11.9 Å². The number of fused-ring (bicyclic) bond motifs is 7. The first-order valence-corrected chi connectivity index (χ1v) is 25.0. The molecule has 0 radical (unpaired) electrons. The van der Waals surface area contributed by atoms with Gasteiger partial charge in [-0.05, 0) is 111 Å². The summed E-state index contributed by atoms with van der Waals surface area (Å²) in [6.45, 7) is 16.3. The van der Waals surface area contributed by atoms with Crippen molar-refractivity contribution in [1.29, 1.82) is 0 Å². The van der Waals surface area contributed by atoms with Gasteiger partial charge in [-0.1, -0.05) is 53.2 Å². The van der Waals surface area contributed by atoms with Gasteiger partial charge in [-0.15, -0.1) is 0 Å². The summed E-state index contributed by atoms with van der Waals surface area (Å²) in [7, 11) is 2.52. The van der Waals surface area contributed by atoms with E-state index in [2.05, 4.69) is 47.6 Å². The van der Waals surface area contributed by atoms with Crippen LogP contribution in [0.2, 0.25) is 0 Å². The molecule has 0 bridgehead atoms. The lowest BCUT2D eigenvalue weighted by Gasteiger charge is -2.71. The summed E-state index contributed by atoms with van der Waals surface area (Å²) in [5.74, 6) is -0.870. The summed E-state index contributed by atoms with van der Waals surface area (Å²) in [5, 5.41) is 98.9. The number of carbonyl (C=O) groups excluding carboxylic acids is 2. The third kappa shape index (κ3) is 8.28. The number of hydrogen-bond acceptors (Lipinski definition) is 19. The maximum atomic E-state index is 13.2. The average Bonchev–Trinajstić information content (AvgIpc) is 3.30.